The predicted molar refractivity (Wildman–Crippen MR) is 130 cm³/mol. The summed E-state index contributed by atoms with van der Waals surface area (Å²) in [4.78, 5) is 25.9. The monoisotopic (exact) mass is 498 g/mol. The number of fused-ring (bicyclic) bond motifs is 3. The molecular formula is C22H22N6O4S2. The topological polar surface area (TPSA) is 138 Å². The fourth-order valence-electron chi connectivity index (χ4n) is 3.64. The summed E-state index contributed by atoms with van der Waals surface area (Å²) in [6.45, 7) is 2.87. The molecule has 0 aliphatic heterocycles. The molecule has 4 rings (SSSR count). The minimum absolute atomic E-state index is 0.148. The number of nitrogens with two attached hydrogens (primary N) is 1. The van der Waals surface area contributed by atoms with Gasteiger partial charge in [-0.25, -0.2) is 4.79 Å². The highest BCUT2D eigenvalue weighted by atomic mass is 32.2. The number of esters is 1. The van der Waals surface area contributed by atoms with Crippen LogP contribution in [0.25, 0.3) is 16.7 Å². The van der Waals surface area contributed by atoms with Crippen molar-refractivity contribution in [3.63, 3.8) is 0 Å². The van der Waals surface area contributed by atoms with Crippen LogP contribution in [0.1, 0.15) is 34.1 Å². The quantitative estimate of drug-likeness (QED) is 0.210. The predicted octanol–water partition coefficient (Wildman–Crippen LogP) is 3.07. The molecule has 0 saturated heterocycles. The van der Waals surface area contributed by atoms with Gasteiger partial charge in [0.2, 0.25) is 5.78 Å². The number of carbonyl (C=O) groups is 1. The first kappa shape index (κ1) is 23.7. The van der Waals surface area contributed by atoms with E-state index < -0.39 is 5.97 Å². The zero-order chi connectivity index (χ0) is 24.2. The zero-order valence-corrected chi connectivity index (χ0v) is 20.2. The van der Waals surface area contributed by atoms with Gasteiger partial charge in [-0.05, 0) is 25.5 Å². The number of hydrogen-bond acceptors (Lipinski definition) is 10. The van der Waals surface area contributed by atoms with Crippen molar-refractivity contribution in [1.82, 2.24) is 19.2 Å². The van der Waals surface area contributed by atoms with Crippen LogP contribution >= 0.6 is 23.1 Å². The summed E-state index contributed by atoms with van der Waals surface area (Å²) in [5, 5.41) is 19.5. The zero-order valence-electron chi connectivity index (χ0n) is 18.6. The fraction of sp³-hybridized carbons (Fsp3) is 0.318. The second-order valence-electron chi connectivity index (χ2n) is 7.21. The number of ether oxygens (including phenoxy) is 2. The first-order valence-electron chi connectivity index (χ1n) is 10.5. The summed E-state index contributed by atoms with van der Waals surface area (Å²) in [7, 11) is 1.61. The van der Waals surface area contributed by atoms with Crippen LogP contribution in [-0.4, -0.2) is 45.5 Å². The molecule has 0 saturated carbocycles. The van der Waals surface area contributed by atoms with E-state index in [1.165, 1.54) is 11.8 Å². The molecule has 0 bridgehead atoms. The van der Waals surface area contributed by atoms with Crippen LogP contribution in [0.5, 0.6) is 0 Å². The molecule has 0 spiro atoms. The maximum Gasteiger partial charge on any atom is 0.348 e. The molecule has 1 aromatic carbocycles. The molecule has 12 heteroatoms. The summed E-state index contributed by atoms with van der Waals surface area (Å²) in [5.74, 6) is 0.154. The lowest BCUT2D eigenvalue weighted by Gasteiger charge is -2.11. The van der Waals surface area contributed by atoms with Gasteiger partial charge < -0.3 is 15.2 Å². The number of para-hydroxylation sites is 1. The van der Waals surface area contributed by atoms with E-state index in [0.717, 1.165) is 11.3 Å². The van der Waals surface area contributed by atoms with Gasteiger partial charge in [0, 0.05) is 31.6 Å². The van der Waals surface area contributed by atoms with Gasteiger partial charge in [-0.3, -0.25) is 13.8 Å². The lowest BCUT2D eigenvalue weighted by molar-refractivity contribution is 0.0531. The lowest BCUT2D eigenvalue weighted by atomic mass is 10.2. The summed E-state index contributed by atoms with van der Waals surface area (Å²) in [6, 6.07) is 9.35. The molecule has 2 N–H and O–H groups in total. The maximum absolute atomic E-state index is 13.1. The highest BCUT2D eigenvalue weighted by Crippen LogP contribution is 2.35. The number of methoxy groups -OCH3 is 1. The number of carbonyl (C=O) groups excluding carboxylic acids is 1. The molecule has 0 amide bonds. The normalized spacial score (nSPS) is 11.2. The number of nitrogen functional groups attached to an aromatic ring is 1. The smallest absolute Gasteiger partial charge is 0.348 e. The molecule has 34 heavy (non-hydrogen) atoms. The average molecular weight is 499 g/mol. The van der Waals surface area contributed by atoms with Crippen LogP contribution in [-0.2, 0) is 21.8 Å². The molecule has 0 fully saturated rings. The van der Waals surface area contributed by atoms with Gasteiger partial charge in [0.1, 0.15) is 15.9 Å². The van der Waals surface area contributed by atoms with E-state index in [9.17, 15) is 14.9 Å². The van der Waals surface area contributed by atoms with E-state index in [1.807, 2.05) is 22.6 Å². The summed E-state index contributed by atoms with van der Waals surface area (Å²) >= 11 is 2.34. The van der Waals surface area contributed by atoms with Gasteiger partial charge in [0.15, 0.2) is 5.16 Å². The molecule has 0 aliphatic rings. The first-order valence-corrected chi connectivity index (χ1v) is 12.3. The molecule has 4 aromatic rings. The van der Waals surface area contributed by atoms with Gasteiger partial charge in [-0.1, -0.05) is 23.9 Å². The number of rotatable bonds is 9. The number of nitrogens with zero attached hydrogens (tertiary/aromatic N) is 5. The Morgan fingerprint density at radius 3 is 2.85 bits per heavy atom. The third-order valence-electron chi connectivity index (χ3n) is 5.16. The first-order chi connectivity index (χ1) is 16.5. The van der Waals surface area contributed by atoms with Crippen molar-refractivity contribution in [2.24, 2.45) is 0 Å². The molecule has 3 aromatic heterocycles. The highest BCUT2D eigenvalue weighted by molar-refractivity contribution is 7.98. The Morgan fingerprint density at radius 1 is 1.32 bits per heavy atom. The molecule has 0 radical (unpaired) electrons. The van der Waals surface area contributed by atoms with E-state index in [-0.39, 0.29) is 28.5 Å². The van der Waals surface area contributed by atoms with Crippen molar-refractivity contribution in [2.75, 3.05) is 26.1 Å². The molecule has 3 heterocycles. The van der Waals surface area contributed by atoms with Crippen molar-refractivity contribution in [1.29, 1.82) is 5.26 Å². The van der Waals surface area contributed by atoms with Crippen LogP contribution in [0.15, 0.2) is 34.2 Å². The van der Waals surface area contributed by atoms with Crippen molar-refractivity contribution in [3.05, 3.63) is 50.6 Å². The number of anilines is 1. The van der Waals surface area contributed by atoms with E-state index in [1.54, 1.807) is 24.7 Å². The Labute approximate surface area is 202 Å². The highest BCUT2D eigenvalue weighted by Gasteiger charge is 2.24. The van der Waals surface area contributed by atoms with Gasteiger partial charge in [-0.15, -0.1) is 21.5 Å². The molecule has 0 unspecified atom stereocenters. The third kappa shape index (κ3) is 4.25. The second-order valence-corrected chi connectivity index (χ2v) is 9.20. The Hall–Kier alpha value is -3.40. The van der Waals surface area contributed by atoms with Crippen LogP contribution in [0.4, 0.5) is 5.00 Å². The summed E-state index contributed by atoms with van der Waals surface area (Å²) in [5.41, 5.74) is 7.28. The Morgan fingerprint density at radius 2 is 2.12 bits per heavy atom. The minimum atomic E-state index is -0.514. The standard InChI is InChI=1S/C22H22N6O4S2/c1-3-32-20(30)17-15(14(11-23)18(24)34-17)12-33-22-26-25-21-27(9-6-10-31-2)19(29)13-7-4-5-8-16(13)28(21)22/h4-5,7-8H,3,6,9-10,12,24H2,1-2H3. The SMILES string of the molecule is CCOC(=O)c1sc(N)c(C#N)c1CSc1nnc2n(CCCOC)c(=O)c3ccccc3n12. The van der Waals surface area contributed by atoms with E-state index in [0.29, 0.717) is 51.9 Å². The third-order valence-corrected chi connectivity index (χ3v) is 7.16. The van der Waals surface area contributed by atoms with Crippen LogP contribution in [0.3, 0.4) is 0 Å². The van der Waals surface area contributed by atoms with Crippen LogP contribution in [0, 0.1) is 11.3 Å². The van der Waals surface area contributed by atoms with Crippen LogP contribution < -0.4 is 11.3 Å². The molecular weight excluding hydrogens is 476 g/mol. The maximum atomic E-state index is 13.1. The Bertz CT molecular complexity index is 1470. The number of nitriles is 1. The van der Waals surface area contributed by atoms with E-state index in [4.69, 9.17) is 15.2 Å². The van der Waals surface area contributed by atoms with Gasteiger partial charge in [-0.2, -0.15) is 5.26 Å². The Balaban J connectivity index is 1.79. The largest absolute Gasteiger partial charge is 0.462 e. The van der Waals surface area contributed by atoms with E-state index >= 15 is 0 Å². The molecule has 10 nitrogen and oxygen atoms in total. The van der Waals surface area contributed by atoms with E-state index in [2.05, 4.69) is 16.3 Å². The molecule has 176 valence electrons. The van der Waals surface area contributed by atoms with Gasteiger partial charge in [0.25, 0.3) is 5.56 Å². The van der Waals surface area contributed by atoms with Gasteiger partial charge in [0.05, 0.1) is 23.1 Å². The van der Waals surface area contributed by atoms with Crippen molar-refractivity contribution in [2.45, 2.75) is 30.8 Å². The fourth-order valence-corrected chi connectivity index (χ4v) is 5.63. The molecule has 0 aliphatic carbocycles. The number of aromatic nitrogens is 4. The van der Waals surface area contributed by atoms with Crippen molar-refractivity contribution in [3.8, 4) is 6.07 Å². The van der Waals surface area contributed by atoms with Crippen molar-refractivity contribution >= 4 is 50.7 Å². The summed E-state index contributed by atoms with van der Waals surface area (Å²) < 4.78 is 13.7. The Kier molecular flexibility index (Phi) is 7.16. The number of benzene rings is 1. The second kappa shape index (κ2) is 10.3. The average Bonchev–Trinajstić information content (AvgIpc) is 3.40. The summed E-state index contributed by atoms with van der Waals surface area (Å²) in [6.07, 6.45) is 0.641. The molecule has 0 atom stereocenters. The number of hydrogen-bond donors (Lipinski definition) is 1. The van der Waals surface area contributed by atoms with Crippen LogP contribution in [0.2, 0.25) is 0 Å². The number of thioether (sulfide) groups is 1. The minimum Gasteiger partial charge on any atom is -0.462 e. The lowest BCUT2D eigenvalue weighted by Crippen LogP contribution is -2.24. The van der Waals surface area contributed by atoms with Crippen molar-refractivity contribution < 1.29 is 14.3 Å². The number of thiophene rings is 1. The van der Waals surface area contributed by atoms with Gasteiger partial charge >= 0.3 is 5.97 Å². The number of aryl methyl sites for hydroxylation is 1.